The highest BCUT2D eigenvalue weighted by Gasteiger charge is 2.42. The van der Waals surface area contributed by atoms with Crippen molar-refractivity contribution in [3.8, 4) is 0 Å². The van der Waals surface area contributed by atoms with Gasteiger partial charge < -0.3 is 30.3 Å². The molecule has 1 aromatic heterocycles. The first kappa shape index (κ1) is 18.5. The van der Waals surface area contributed by atoms with Gasteiger partial charge in [-0.05, 0) is 11.6 Å². The number of hydrogen-bond acceptors (Lipinski definition) is 7. The second kappa shape index (κ2) is 8.88. The lowest BCUT2D eigenvalue weighted by molar-refractivity contribution is -0.286. The molecule has 1 fully saturated rings. The van der Waals surface area contributed by atoms with Crippen molar-refractivity contribution in [2.45, 2.75) is 37.1 Å². The minimum absolute atomic E-state index is 0.526. The van der Waals surface area contributed by atoms with Gasteiger partial charge in [0.25, 0.3) is 0 Å². The molecule has 0 aliphatic carbocycles. The minimum Gasteiger partial charge on any atom is -0.394 e. The average molecular weight is 338 g/mol. The maximum atomic E-state index is 9.12. The molecule has 2 heterocycles. The fourth-order valence-corrected chi connectivity index (χ4v) is 2.28. The van der Waals surface area contributed by atoms with Gasteiger partial charge in [0.2, 0.25) is 0 Å². The standard InChI is InChI=1S/C10H10N2.C6H12O6/c1-2-4-9(5-3-1)8-10-6-7-11-12-10;7-1-2-3(8)4(9)5(10)6(11)12-2/h1-7H,8H2,(H,11,12);2-11H,1H2/t;2-,3-,4+,5-,6?/m.1/s1. The molecule has 3 rings (SSSR count). The molecule has 8 heteroatoms. The third-order valence-electron chi connectivity index (χ3n) is 3.65. The van der Waals surface area contributed by atoms with Crippen LogP contribution in [0.2, 0.25) is 0 Å². The molecule has 1 aliphatic heterocycles. The van der Waals surface area contributed by atoms with Crippen molar-refractivity contribution in [2.24, 2.45) is 0 Å². The molecule has 0 radical (unpaired) electrons. The quantitative estimate of drug-likeness (QED) is 0.412. The van der Waals surface area contributed by atoms with E-state index in [1.807, 2.05) is 30.5 Å². The normalized spacial score (nSPS) is 29.6. The van der Waals surface area contributed by atoms with Gasteiger partial charge in [-0.25, -0.2) is 0 Å². The number of benzene rings is 1. The van der Waals surface area contributed by atoms with Gasteiger partial charge in [0, 0.05) is 12.6 Å². The maximum absolute atomic E-state index is 9.12. The first-order valence-electron chi connectivity index (χ1n) is 7.54. The fourth-order valence-electron chi connectivity index (χ4n) is 2.28. The Morgan fingerprint density at radius 1 is 0.958 bits per heavy atom. The summed E-state index contributed by atoms with van der Waals surface area (Å²) >= 11 is 0. The number of H-pyrrole nitrogens is 1. The Labute approximate surface area is 139 Å². The maximum Gasteiger partial charge on any atom is 0.184 e. The van der Waals surface area contributed by atoms with E-state index >= 15 is 0 Å². The molecule has 5 atom stereocenters. The lowest BCUT2D eigenvalue weighted by atomic mass is 10.00. The van der Waals surface area contributed by atoms with Gasteiger partial charge in [-0.3, -0.25) is 5.10 Å². The summed E-state index contributed by atoms with van der Waals surface area (Å²) < 4.78 is 4.58. The second-order valence-electron chi connectivity index (χ2n) is 5.45. The van der Waals surface area contributed by atoms with Crippen LogP contribution in [0.5, 0.6) is 0 Å². The molecular formula is C16H22N2O6. The Balaban J connectivity index is 0.000000174. The summed E-state index contributed by atoms with van der Waals surface area (Å²) in [6, 6.07) is 12.3. The van der Waals surface area contributed by atoms with Crippen LogP contribution in [-0.2, 0) is 11.2 Å². The van der Waals surface area contributed by atoms with E-state index in [1.165, 1.54) is 5.56 Å². The number of ether oxygens (including phenoxy) is 1. The van der Waals surface area contributed by atoms with E-state index in [1.54, 1.807) is 0 Å². The summed E-state index contributed by atoms with van der Waals surface area (Å²) in [4.78, 5) is 0. The van der Waals surface area contributed by atoms with Crippen LogP contribution in [0, 0.1) is 0 Å². The Hall–Kier alpha value is -1.81. The predicted molar refractivity (Wildman–Crippen MR) is 83.8 cm³/mol. The lowest BCUT2D eigenvalue weighted by Gasteiger charge is -2.37. The van der Waals surface area contributed by atoms with Crippen molar-refractivity contribution in [1.29, 1.82) is 0 Å². The number of aliphatic hydroxyl groups excluding tert-OH is 5. The molecule has 1 aromatic carbocycles. The van der Waals surface area contributed by atoms with E-state index < -0.39 is 37.3 Å². The van der Waals surface area contributed by atoms with Crippen LogP contribution < -0.4 is 0 Å². The zero-order valence-corrected chi connectivity index (χ0v) is 12.9. The Kier molecular flexibility index (Phi) is 6.85. The Morgan fingerprint density at radius 3 is 2.25 bits per heavy atom. The van der Waals surface area contributed by atoms with Gasteiger partial charge in [-0.1, -0.05) is 30.3 Å². The molecule has 6 N–H and O–H groups in total. The van der Waals surface area contributed by atoms with E-state index in [2.05, 4.69) is 27.1 Å². The zero-order valence-electron chi connectivity index (χ0n) is 12.9. The molecule has 0 saturated carbocycles. The lowest BCUT2D eigenvalue weighted by Crippen LogP contribution is -2.58. The molecule has 1 unspecified atom stereocenters. The van der Waals surface area contributed by atoms with Gasteiger partial charge in [0.1, 0.15) is 24.4 Å². The SMILES string of the molecule is OC[C@H]1OC(O)[C@H](O)[C@@H](O)[C@@H]1O.c1ccc(Cc2cc[nH]n2)cc1. The summed E-state index contributed by atoms with van der Waals surface area (Å²) in [5, 5.41) is 51.5. The molecule has 2 aromatic rings. The zero-order chi connectivity index (χ0) is 17.5. The molecule has 0 bridgehead atoms. The van der Waals surface area contributed by atoms with Crippen molar-refractivity contribution in [2.75, 3.05) is 6.61 Å². The molecule has 8 nitrogen and oxygen atoms in total. The molecule has 0 amide bonds. The molecule has 1 aliphatic rings. The highest BCUT2D eigenvalue weighted by Crippen LogP contribution is 2.19. The topological polar surface area (TPSA) is 139 Å². The third kappa shape index (κ3) is 4.84. The van der Waals surface area contributed by atoms with Crippen LogP contribution in [0.4, 0.5) is 0 Å². The van der Waals surface area contributed by atoms with Crippen molar-refractivity contribution in [3.05, 3.63) is 53.9 Å². The molecule has 24 heavy (non-hydrogen) atoms. The van der Waals surface area contributed by atoms with Gasteiger partial charge in [0.15, 0.2) is 6.29 Å². The molecule has 132 valence electrons. The van der Waals surface area contributed by atoms with E-state index in [9.17, 15) is 0 Å². The summed E-state index contributed by atoms with van der Waals surface area (Å²) in [5.41, 5.74) is 2.38. The van der Waals surface area contributed by atoms with E-state index in [-0.39, 0.29) is 0 Å². The fraction of sp³-hybridized carbons (Fsp3) is 0.438. The van der Waals surface area contributed by atoms with Crippen LogP contribution in [0.15, 0.2) is 42.6 Å². The van der Waals surface area contributed by atoms with E-state index in [0.717, 1.165) is 12.1 Å². The molecular weight excluding hydrogens is 316 g/mol. The number of aromatic nitrogens is 2. The number of aliphatic hydroxyl groups is 5. The van der Waals surface area contributed by atoms with Crippen LogP contribution in [0.25, 0.3) is 0 Å². The van der Waals surface area contributed by atoms with Crippen molar-refractivity contribution < 1.29 is 30.3 Å². The van der Waals surface area contributed by atoms with Gasteiger partial charge in [-0.15, -0.1) is 0 Å². The number of aromatic amines is 1. The van der Waals surface area contributed by atoms with E-state index in [0.29, 0.717) is 0 Å². The highest BCUT2D eigenvalue weighted by atomic mass is 16.6. The largest absolute Gasteiger partial charge is 0.394 e. The summed E-state index contributed by atoms with van der Waals surface area (Å²) in [6.07, 6.45) is -4.29. The monoisotopic (exact) mass is 338 g/mol. The number of hydrogen-bond donors (Lipinski definition) is 6. The summed E-state index contributed by atoms with van der Waals surface area (Å²) in [5.74, 6) is 0. The predicted octanol–water partition coefficient (Wildman–Crippen LogP) is -1.22. The highest BCUT2D eigenvalue weighted by molar-refractivity contribution is 5.20. The number of rotatable bonds is 3. The van der Waals surface area contributed by atoms with Gasteiger partial charge >= 0.3 is 0 Å². The van der Waals surface area contributed by atoms with Crippen molar-refractivity contribution in [1.82, 2.24) is 10.2 Å². The van der Waals surface area contributed by atoms with Crippen LogP contribution in [-0.4, -0.2) is 73.0 Å². The van der Waals surface area contributed by atoms with Crippen LogP contribution in [0.1, 0.15) is 11.3 Å². The van der Waals surface area contributed by atoms with Gasteiger partial charge in [0.05, 0.1) is 12.3 Å². The summed E-state index contributed by atoms with van der Waals surface area (Å²) in [7, 11) is 0. The van der Waals surface area contributed by atoms with Gasteiger partial charge in [-0.2, -0.15) is 5.10 Å². The van der Waals surface area contributed by atoms with Crippen molar-refractivity contribution in [3.63, 3.8) is 0 Å². The molecule has 0 spiro atoms. The average Bonchev–Trinajstić information content (AvgIpc) is 3.11. The second-order valence-corrected chi connectivity index (χ2v) is 5.45. The summed E-state index contributed by atoms with van der Waals surface area (Å²) in [6.45, 7) is -0.526. The first-order chi connectivity index (χ1) is 11.5. The number of nitrogens with one attached hydrogen (secondary N) is 1. The molecule has 1 saturated heterocycles. The Bertz CT molecular complexity index is 575. The Morgan fingerprint density at radius 2 is 1.67 bits per heavy atom. The smallest absolute Gasteiger partial charge is 0.184 e. The third-order valence-corrected chi connectivity index (χ3v) is 3.65. The minimum atomic E-state index is -1.57. The number of nitrogens with zero attached hydrogens (tertiary/aromatic N) is 1. The van der Waals surface area contributed by atoms with E-state index in [4.69, 9.17) is 25.5 Å². The van der Waals surface area contributed by atoms with Crippen molar-refractivity contribution >= 4 is 0 Å². The first-order valence-corrected chi connectivity index (χ1v) is 7.54. The van der Waals surface area contributed by atoms with Crippen LogP contribution in [0.3, 0.4) is 0 Å². The van der Waals surface area contributed by atoms with Crippen LogP contribution >= 0.6 is 0 Å².